The lowest BCUT2D eigenvalue weighted by Gasteiger charge is -2.22. The number of hydrogen-bond acceptors (Lipinski definition) is 5. The molecular formula is C22H31N3O5. The van der Waals surface area contributed by atoms with E-state index in [0.717, 1.165) is 23.3 Å². The van der Waals surface area contributed by atoms with Crippen LogP contribution in [0.3, 0.4) is 0 Å². The number of urea groups is 1. The lowest BCUT2D eigenvalue weighted by atomic mass is 9.92. The molecule has 30 heavy (non-hydrogen) atoms. The predicted octanol–water partition coefficient (Wildman–Crippen LogP) is 2.87. The third-order valence-corrected chi connectivity index (χ3v) is 5.16. The second-order valence-corrected chi connectivity index (χ2v) is 8.26. The number of rotatable bonds is 9. The molecule has 8 nitrogen and oxygen atoms in total. The van der Waals surface area contributed by atoms with Crippen LogP contribution in [0.4, 0.5) is 10.5 Å². The van der Waals surface area contributed by atoms with Gasteiger partial charge in [-0.25, -0.2) is 4.79 Å². The van der Waals surface area contributed by atoms with E-state index in [1.54, 1.807) is 19.1 Å². The van der Waals surface area contributed by atoms with Crippen molar-refractivity contribution in [2.45, 2.75) is 65.5 Å². The largest absolute Gasteiger partial charge is 0.451 e. The van der Waals surface area contributed by atoms with Crippen LogP contribution in [-0.4, -0.2) is 46.9 Å². The molecule has 0 bridgehead atoms. The van der Waals surface area contributed by atoms with Crippen molar-refractivity contribution in [1.29, 1.82) is 0 Å². The third kappa shape index (κ3) is 5.81. The summed E-state index contributed by atoms with van der Waals surface area (Å²) in [6, 6.07) is 6.73. The summed E-state index contributed by atoms with van der Waals surface area (Å²) in [7, 11) is 0. The molecule has 2 atom stereocenters. The van der Waals surface area contributed by atoms with Crippen LogP contribution in [0, 0.1) is 5.92 Å². The minimum Gasteiger partial charge on any atom is -0.451 e. The van der Waals surface area contributed by atoms with E-state index in [0.29, 0.717) is 18.0 Å². The highest BCUT2D eigenvalue weighted by Crippen LogP contribution is 2.24. The zero-order chi connectivity index (χ0) is 22.5. The molecule has 1 heterocycles. The molecule has 2 rings (SSSR count). The molecule has 1 aromatic rings. The summed E-state index contributed by atoms with van der Waals surface area (Å²) >= 11 is 0. The average Bonchev–Trinajstić information content (AvgIpc) is 2.90. The first-order valence-corrected chi connectivity index (χ1v) is 10.3. The van der Waals surface area contributed by atoms with Crippen molar-refractivity contribution in [2.75, 3.05) is 11.9 Å². The summed E-state index contributed by atoms with van der Waals surface area (Å²) in [6.45, 7) is 8.65. The SMILES string of the molecule is CCc1ccc(NC(=O)[C@H](C)OC(=O)CN2C(=O)N[C@](C)(CCC(C)C)C2=O)cc1. The maximum atomic E-state index is 12.7. The Bertz CT molecular complexity index is 805. The summed E-state index contributed by atoms with van der Waals surface area (Å²) in [5.41, 5.74) is 0.700. The van der Waals surface area contributed by atoms with Crippen LogP contribution in [0.5, 0.6) is 0 Å². The highest BCUT2D eigenvalue weighted by atomic mass is 16.5. The number of imide groups is 1. The van der Waals surface area contributed by atoms with Gasteiger partial charge < -0.3 is 15.4 Å². The van der Waals surface area contributed by atoms with E-state index < -0.39 is 42.0 Å². The highest BCUT2D eigenvalue weighted by Gasteiger charge is 2.48. The molecule has 0 aliphatic carbocycles. The van der Waals surface area contributed by atoms with Gasteiger partial charge in [0, 0.05) is 5.69 Å². The van der Waals surface area contributed by atoms with Gasteiger partial charge in [0.15, 0.2) is 6.10 Å². The number of carbonyl (C=O) groups is 4. The first-order valence-electron chi connectivity index (χ1n) is 10.3. The lowest BCUT2D eigenvalue weighted by molar-refractivity contribution is -0.155. The van der Waals surface area contributed by atoms with E-state index in [2.05, 4.69) is 10.6 Å². The molecule has 8 heteroatoms. The van der Waals surface area contributed by atoms with Gasteiger partial charge >= 0.3 is 12.0 Å². The molecule has 1 aliphatic heterocycles. The molecule has 0 saturated carbocycles. The van der Waals surface area contributed by atoms with Crippen LogP contribution >= 0.6 is 0 Å². The van der Waals surface area contributed by atoms with Gasteiger partial charge in [-0.2, -0.15) is 0 Å². The number of amides is 4. The van der Waals surface area contributed by atoms with Crippen LogP contribution in [0.1, 0.15) is 53.0 Å². The van der Waals surface area contributed by atoms with Gasteiger partial charge in [-0.1, -0.05) is 32.9 Å². The van der Waals surface area contributed by atoms with Gasteiger partial charge in [-0.3, -0.25) is 19.3 Å². The monoisotopic (exact) mass is 417 g/mol. The number of nitrogens with one attached hydrogen (secondary N) is 2. The molecule has 1 aliphatic rings. The Labute approximate surface area is 177 Å². The molecule has 1 fully saturated rings. The van der Waals surface area contributed by atoms with Gasteiger partial charge in [0.2, 0.25) is 0 Å². The van der Waals surface area contributed by atoms with Crippen LogP contribution < -0.4 is 10.6 Å². The quantitative estimate of drug-likeness (QED) is 0.475. The molecule has 1 aromatic carbocycles. The van der Waals surface area contributed by atoms with Crippen molar-refractivity contribution >= 4 is 29.5 Å². The first kappa shape index (κ1) is 23.4. The minimum absolute atomic E-state index is 0.378. The second kappa shape index (κ2) is 9.73. The van der Waals surface area contributed by atoms with E-state index in [1.807, 2.05) is 32.9 Å². The smallest absolute Gasteiger partial charge is 0.327 e. The number of esters is 1. The maximum absolute atomic E-state index is 12.7. The molecule has 2 N–H and O–H groups in total. The van der Waals surface area contributed by atoms with Crippen molar-refractivity contribution in [3.63, 3.8) is 0 Å². The van der Waals surface area contributed by atoms with E-state index in [-0.39, 0.29) is 0 Å². The average molecular weight is 418 g/mol. The first-order chi connectivity index (χ1) is 14.1. The van der Waals surface area contributed by atoms with Gasteiger partial charge in [-0.05, 0) is 56.7 Å². The standard InChI is InChI=1S/C22H31N3O5/c1-6-16-7-9-17(10-8-16)23-19(27)15(4)30-18(26)13-25-20(28)22(5,24-21(25)29)12-11-14(2)3/h7-10,14-15H,6,11-13H2,1-5H3,(H,23,27)(H,24,29)/t15-,22+/m0/s1. The number of hydrogen-bond donors (Lipinski definition) is 2. The van der Waals surface area contributed by atoms with E-state index in [1.165, 1.54) is 6.92 Å². The summed E-state index contributed by atoms with van der Waals surface area (Å²) in [6.07, 6.45) is 1.06. The number of anilines is 1. The van der Waals surface area contributed by atoms with Crippen molar-refractivity contribution < 1.29 is 23.9 Å². The van der Waals surface area contributed by atoms with Crippen LogP contribution in [0.2, 0.25) is 0 Å². The topological polar surface area (TPSA) is 105 Å². The molecule has 0 aromatic heterocycles. The number of nitrogens with zero attached hydrogens (tertiary/aromatic N) is 1. The Kier molecular flexibility index (Phi) is 7.59. The molecule has 1 saturated heterocycles. The zero-order valence-corrected chi connectivity index (χ0v) is 18.3. The molecular weight excluding hydrogens is 386 g/mol. The van der Waals surface area contributed by atoms with Gasteiger partial charge in [0.1, 0.15) is 12.1 Å². The van der Waals surface area contributed by atoms with Crippen molar-refractivity contribution in [1.82, 2.24) is 10.2 Å². The number of benzene rings is 1. The van der Waals surface area contributed by atoms with Crippen molar-refractivity contribution in [3.05, 3.63) is 29.8 Å². The van der Waals surface area contributed by atoms with Crippen LogP contribution in [0.15, 0.2) is 24.3 Å². The fourth-order valence-electron chi connectivity index (χ4n) is 3.12. The molecule has 4 amide bonds. The number of ether oxygens (including phenoxy) is 1. The Morgan fingerprint density at radius 1 is 1.17 bits per heavy atom. The Hall–Kier alpha value is -2.90. The van der Waals surface area contributed by atoms with Gasteiger partial charge in [-0.15, -0.1) is 0 Å². The van der Waals surface area contributed by atoms with E-state index in [9.17, 15) is 19.2 Å². The molecule has 0 spiro atoms. The Morgan fingerprint density at radius 2 is 1.80 bits per heavy atom. The maximum Gasteiger partial charge on any atom is 0.327 e. The van der Waals surface area contributed by atoms with Gasteiger partial charge in [0.25, 0.3) is 11.8 Å². The second-order valence-electron chi connectivity index (χ2n) is 8.26. The molecule has 0 radical (unpaired) electrons. The molecule has 0 unspecified atom stereocenters. The Morgan fingerprint density at radius 3 is 2.37 bits per heavy atom. The summed E-state index contributed by atoms with van der Waals surface area (Å²) < 4.78 is 5.13. The predicted molar refractivity (Wildman–Crippen MR) is 113 cm³/mol. The van der Waals surface area contributed by atoms with Crippen LogP contribution in [-0.2, 0) is 25.5 Å². The van der Waals surface area contributed by atoms with Gasteiger partial charge in [0.05, 0.1) is 0 Å². The number of aryl methyl sites for hydroxylation is 1. The fraction of sp³-hybridized carbons (Fsp3) is 0.545. The minimum atomic E-state index is -1.07. The Balaban J connectivity index is 1.90. The van der Waals surface area contributed by atoms with E-state index in [4.69, 9.17) is 4.74 Å². The summed E-state index contributed by atoms with van der Waals surface area (Å²) in [4.78, 5) is 50.2. The fourth-order valence-corrected chi connectivity index (χ4v) is 3.12. The third-order valence-electron chi connectivity index (χ3n) is 5.16. The number of carbonyl (C=O) groups excluding carboxylic acids is 4. The highest BCUT2D eigenvalue weighted by molar-refractivity contribution is 6.08. The van der Waals surface area contributed by atoms with Crippen molar-refractivity contribution in [3.8, 4) is 0 Å². The zero-order valence-electron chi connectivity index (χ0n) is 18.3. The molecule has 164 valence electrons. The van der Waals surface area contributed by atoms with Crippen molar-refractivity contribution in [2.24, 2.45) is 5.92 Å². The summed E-state index contributed by atoms with van der Waals surface area (Å²) in [5, 5.41) is 5.33. The van der Waals surface area contributed by atoms with E-state index >= 15 is 0 Å². The van der Waals surface area contributed by atoms with Crippen LogP contribution in [0.25, 0.3) is 0 Å². The lowest BCUT2D eigenvalue weighted by Crippen LogP contribution is -2.44. The normalized spacial score (nSPS) is 19.6. The summed E-state index contributed by atoms with van der Waals surface area (Å²) in [5.74, 6) is -1.40.